The topological polar surface area (TPSA) is 12.0 Å². The summed E-state index contributed by atoms with van der Waals surface area (Å²) in [6.45, 7) is 10.4. The summed E-state index contributed by atoms with van der Waals surface area (Å²) in [6.07, 6.45) is 5.34. The summed E-state index contributed by atoms with van der Waals surface area (Å²) in [5, 5.41) is 3.65. The first-order chi connectivity index (χ1) is 7.15. The number of rotatable bonds is 9. The number of unbranched alkanes of at least 4 members (excludes halogenated alkanes) is 1. The molecule has 1 N–H and O–H groups in total. The van der Waals surface area contributed by atoms with Crippen molar-refractivity contribution < 1.29 is 0 Å². The van der Waals surface area contributed by atoms with E-state index in [1.807, 2.05) is 0 Å². The Hall–Kier alpha value is 0.690. The maximum absolute atomic E-state index is 3.65. The molecule has 0 aliphatic rings. The van der Waals surface area contributed by atoms with E-state index in [-0.39, 0.29) is 0 Å². The Labute approximate surface area is 110 Å². The molecule has 3 atom stereocenters. The van der Waals surface area contributed by atoms with Gasteiger partial charge in [0.05, 0.1) is 0 Å². The second-order valence-electron chi connectivity index (χ2n) is 4.75. The van der Waals surface area contributed by atoms with Gasteiger partial charge in [-0.25, -0.2) is 0 Å². The minimum atomic E-state index is 0.676. The fourth-order valence-electron chi connectivity index (χ4n) is 1.68. The quantitative estimate of drug-likeness (QED) is 0.494. The van der Waals surface area contributed by atoms with Crippen molar-refractivity contribution in [3.8, 4) is 0 Å². The van der Waals surface area contributed by atoms with Crippen molar-refractivity contribution in [1.29, 1.82) is 0 Å². The van der Waals surface area contributed by atoms with E-state index < -0.39 is 0 Å². The molecule has 0 aromatic heterocycles. The van der Waals surface area contributed by atoms with E-state index in [2.05, 4.69) is 55.6 Å². The predicted octanol–water partition coefficient (Wildman–Crippen LogP) is 4.25. The molecule has 0 aliphatic heterocycles. The third kappa shape index (κ3) is 7.56. The highest BCUT2D eigenvalue weighted by Crippen LogP contribution is 2.20. The van der Waals surface area contributed by atoms with Crippen molar-refractivity contribution >= 4 is 22.6 Å². The molecule has 2 unspecified atom stereocenters. The number of hydrogen-bond donors (Lipinski definition) is 1. The van der Waals surface area contributed by atoms with Crippen LogP contribution in [0.4, 0.5) is 0 Å². The monoisotopic (exact) mass is 325 g/mol. The molecule has 0 aliphatic carbocycles. The van der Waals surface area contributed by atoms with Crippen LogP contribution < -0.4 is 5.32 Å². The van der Waals surface area contributed by atoms with Crippen molar-refractivity contribution in [3.63, 3.8) is 0 Å². The molecule has 0 saturated carbocycles. The fourth-order valence-corrected chi connectivity index (χ4v) is 2.40. The third-order valence-corrected chi connectivity index (χ3v) is 4.71. The normalized spacial score (nSPS) is 17.4. The largest absolute Gasteiger partial charge is 0.314 e. The smallest absolute Gasteiger partial charge is 0.00362 e. The lowest BCUT2D eigenvalue weighted by molar-refractivity contribution is 0.324. The lowest BCUT2D eigenvalue weighted by atomic mass is 9.90. The van der Waals surface area contributed by atoms with Gasteiger partial charge < -0.3 is 5.32 Å². The average Bonchev–Trinajstić information content (AvgIpc) is 2.27. The molecule has 0 fully saturated rings. The minimum absolute atomic E-state index is 0.676. The number of halogens is 1. The summed E-state index contributed by atoms with van der Waals surface area (Å²) in [5.41, 5.74) is 0. The van der Waals surface area contributed by atoms with Gasteiger partial charge in [0.1, 0.15) is 0 Å². The molecule has 15 heavy (non-hydrogen) atoms. The summed E-state index contributed by atoms with van der Waals surface area (Å²) in [6, 6.07) is 0.676. The van der Waals surface area contributed by atoms with Crippen LogP contribution in [0.15, 0.2) is 0 Å². The van der Waals surface area contributed by atoms with Gasteiger partial charge in [0, 0.05) is 10.5 Å². The van der Waals surface area contributed by atoms with Crippen LogP contribution in [-0.2, 0) is 0 Å². The molecule has 0 rings (SSSR count). The van der Waals surface area contributed by atoms with E-state index in [1.54, 1.807) is 0 Å². The highest BCUT2D eigenvalue weighted by molar-refractivity contribution is 14.1. The van der Waals surface area contributed by atoms with E-state index in [4.69, 9.17) is 0 Å². The van der Waals surface area contributed by atoms with Crippen molar-refractivity contribution in [2.75, 3.05) is 11.0 Å². The van der Waals surface area contributed by atoms with Gasteiger partial charge >= 0.3 is 0 Å². The molecular weight excluding hydrogens is 297 g/mol. The van der Waals surface area contributed by atoms with Gasteiger partial charge in [-0.3, -0.25) is 0 Å². The molecule has 92 valence electrons. The maximum atomic E-state index is 3.65. The number of nitrogens with one attached hydrogen (secondary N) is 1. The second-order valence-corrected chi connectivity index (χ2v) is 5.63. The first kappa shape index (κ1) is 15.7. The van der Waals surface area contributed by atoms with E-state index in [0.29, 0.717) is 6.04 Å². The molecule has 0 radical (unpaired) electrons. The van der Waals surface area contributed by atoms with Gasteiger partial charge in [0.2, 0.25) is 0 Å². The van der Waals surface area contributed by atoms with E-state index in [0.717, 1.165) is 11.8 Å². The Balaban J connectivity index is 3.89. The zero-order valence-electron chi connectivity index (χ0n) is 10.9. The average molecular weight is 325 g/mol. The van der Waals surface area contributed by atoms with Crippen molar-refractivity contribution in [2.24, 2.45) is 11.8 Å². The summed E-state index contributed by atoms with van der Waals surface area (Å²) < 4.78 is 1.29. The molecule has 0 aromatic rings. The highest BCUT2D eigenvalue weighted by Gasteiger charge is 2.16. The molecule has 0 aromatic carbocycles. The van der Waals surface area contributed by atoms with Gasteiger partial charge in [0.25, 0.3) is 0 Å². The summed E-state index contributed by atoms with van der Waals surface area (Å²) in [4.78, 5) is 0. The lowest BCUT2D eigenvalue weighted by Gasteiger charge is -2.24. The molecule has 0 bridgehead atoms. The van der Waals surface area contributed by atoms with Crippen LogP contribution in [0.2, 0.25) is 0 Å². The van der Waals surface area contributed by atoms with Gasteiger partial charge in [-0.2, -0.15) is 0 Å². The summed E-state index contributed by atoms with van der Waals surface area (Å²) >= 11 is 2.52. The SMILES string of the molecule is CCCC[C@H](CNC(C)CC)C(C)CI. The molecular formula is C13H28IN. The number of hydrogen-bond acceptors (Lipinski definition) is 1. The van der Waals surface area contributed by atoms with E-state index in [9.17, 15) is 0 Å². The fraction of sp³-hybridized carbons (Fsp3) is 1.00. The first-order valence-corrected chi connectivity index (χ1v) is 7.97. The molecule has 0 saturated heterocycles. The van der Waals surface area contributed by atoms with Gasteiger partial charge in [-0.05, 0) is 38.1 Å². The molecule has 0 spiro atoms. The van der Waals surface area contributed by atoms with Gasteiger partial charge in [-0.1, -0.05) is 56.2 Å². The van der Waals surface area contributed by atoms with Crippen LogP contribution in [-0.4, -0.2) is 17.0 Å². The Morgan fingerprint density at radius 3 is 2.33 bits per heavy atom. The van der Waals surface area contributed by atoms with Crippen LogP contribution in [0.25, 0.3) is 0 Å². The van der Waals surface area contributed by atoms with Crippen LogP contribution in [0.1, 0.15) is 53.4 Å². The molecule has 1 nitrogen and oxygen atoms in total. The van der Waals surface area contributed by atoms with Gasteiger partial charge in [0.15, 0.2) is 0 Å². The predicted molar refractivity (Wildman–Crippen MR) is 78.8 cm³/mol. The maximum Gasteiger partial charge on any atom is 0.00362 e. The highest BCUT2D eigenvalue weighted by atomic mass is 127. The van der Waals surface area contributed by atoms with Crippen molar-refractivity contribution in [2.45, 2.75) is 59.4 Å². The number of alkyl halides is 1. The van der Waals surface area contributed by atoms with Crippen LogP contribution in [0.3, 0.4) is 0 Å². The van der Waals surface area contributed by atoms with Gasteiger partial charge in [-0.15, -0.1) is 0 Å². The Morgan fingerprint density at radius 2 is 1.87 bits per heavy atom. The Kier molecular flexibility index (Phi) is 10.3. The minimum Gasteiger partial charge on any atom is -0.314 e. The molecule has 0 amide bonds. The Morgan fingerprint density at radius 1 is 1.20 bits per heavy atom. The van der Waals surface area contributed by atoms with Crippen LogP contribution in [0.5, 0.6) is 0 Å². The van der Waals surface area contributed by atoms with Crippen molar-refractivity contribution in [3.05, 3.63) is 0 Å². The van der Waals surface area contributed by atoms with E-state index >= 15 is 0 Å². The standard InChI is InChI=1S/C13H28IN/c1-5-7-8-13(11(3)9-14)10-15-12(4)6-2/h11-13,15H,5-10H2,1-4H3/t11?,12?,13-/m1/s1. The van der Waals surface area contributed by atoms with E-state index in [1.165, 1.54) is 36.7 Å². The Bertz CT molecular complexity index is 138. The lowest BCUT2D eigenvalue weighted by Crippen LogP contribution is -2.33. The summed E-state index contributed by atoms with van der Waals surface area (Å²) in [7, 11) is 0. The third-order valence-electron chi connectivity index (χ3n) is 3.32. The van der Waals surface area contributed by atoms with Crippen molar-refractivity contribution in [1.82, 2.24) is 5.32 Å². The zero-order chi connectivity index (χ0) is 11.7. The zero-order valence-corrected chi connectivity index (χ0v) is 13.0. The van der Waals surface area contributed by atoms with Crippen LogP contribution >= 0.6 is 22.6 Å². The summed E-state index contributed by atoms with van der Waals surface area (Å²) in [5.74, 6) is 1.73. The van der Waals surface area contributed by atoms with Crippen LogP contribution in [0, 0.1) is 11.8 Å². The molecule has 0 heterocycles. The first-order valence-electron chi connectivity index (χ1n) is 6.44. The molecule has 2 heteroatoms. The second kappa shape index (κ2) is 9.88.